The molecule has 0 fully saturated rings. The van der Waals surface area contributed by atoms with Crippen molar-refractivity contribution in [2.45, 2.75) is 13.2 Å². The second-order valence-corrected chi connectivity index (χ2v) is 6.76. The summed E-state index contributed by atoms with van der Waals surface area (Å²) in [6, 6.07) is 20.3. The molecule has 24 heavy (non-hydrogen) atoms. The van der Waals surface area contributed by atoms with E-state index in [0.29, 0.717) is 26.3 Å². The van der Waals surface area contributed by atoms with Gasteiger partial charge in [0.05, 0.1) is 13.2 Å². The molecule has 2 aromatic carbocycles. The summed E-state index contributed by atoms with van der Waals surface area (Å²) in [5.74, 6) is 0. The highest BCUT2D eigenvalue weighted by Crippen LogP contribution is 2.44. The molecule has 0 spiro atoms. The van der Waals surface area contributed by atoms with E-state index in [4.69, 9.17) is 9.05 Å². The van der Waals surface area contributed by atoms with Crippen molar-refractivity contribution in [3.8, 4) is 0 Å². The molecule has 0 aliphatic rings. The van der Waals surface area contributed by atoms with Gasteiger partial charge in [-0.1, -0.05) is 72.8 Å². The molecule has 0 N–H and O–H groups in total. The molecule has 0 amide bonds. The Balaban J connectivity index is 2.01. The van der Waals surface area contributed by atoms with Crippen molar-refractivity contribution in [2.75, 3.05) is 13.1 Å². The molecule has 0 radical (unpaired) electrons. The summed E-state index contributed by atoms with van der Waals surface area (Å²) in [5.41, 5.74) is 2.26. The minimum atomic E-state index is -1.19. The van der Waals surface area contributed by atoms with E-state index in [1.54, 1.807) is 0 Å². The van der Waals surface area contributed by atoms with Crippen LogP contribution in [0.3, 0.4) is 0 Å². The molecule has 0 aliphatic heterocycles. The van der Waals surface area contributed by atoms with Gasteiger partial charge < -0.3 is 9.05 Å². The molecule has 4 heteroatoms. The maximum atomic E-state index is 6.09. The van der Waals surface area contributed by atoms with Gasteiger partial charge in [-0.15, -0.1) is 13.2 Å². The largest absolute Gasteiger partial charge is 0.317 e. The number of rotatable bonds is 11. The third-order valence-electron chi connectivity index (χ3n) is 3.28. The van der Waals surface area contributed by atoms with Crippen LogP contribution in [0.2, 0.25) is 0 Å². The smallest absolute Gasteiger partial charge is 0.259 e. The van der Waals surface area contributed by atoms with Crippen LogP contribution in [0.4, 0.5) is 0 Å². The van der Waals surface area contributed by atoms with Crippen molar-refractivity contribution < 1.29 is 9.05 Å². The Hall–Kier alpha value is -1.77. The van der Waals surface area contributed by atoms with Crippen molar-refractivity contribution in [2.24, 2.45) is 0 Å². The summed E-state index contributed by atoms with van der Waals surface area (Å²) in [6.07, 6.45) is 3.72. The number of hydrogen-bond acceptors (Lipinski definition) is 3. The van der Waals surface area contributed by atoms with Crippen LogP contribution in [0.25, 0.3) is 0 Å². The van der Waals surface area contributed by atoms with Gasteiger partial charge in [0.25, 0.3) is 8.53 Å². The first kappa shape index (κ1) is 18.6. The SMILES string of the molecule is C=CCN(CC=C)P(OCc1ccccc1)OCc1ccccc1. The van der Waals surface area contributed by atoms with Crippen molar-refractivity contribution in [1.82, 2.24) is 4.67 Å². The van der Waals surface area contributed by atoms with Crippen molar-refractivity contribution in [3.05, 3.63) is 97.1 Å². The number of nitrogens with zero attached hydrogens (tertiary/aromatic N) is 1. The van der Waals surface area contributed by atoms with Gasteiger partial charge in [0.15, 0.2) is 0 Å². The lowest BCUT2D eigenvalue weighted by Gasteiger charge is -2.27. The van der Waals surface area contributed by atoms with Crippen molar-refractivity contribution in [1.29, 1.82) is 0 Å². The van der Waals surface area contributed by atoms with Crippen LogP contribution in [0.15, 0.2) is 86.0 Å². The Morgan fingerprint density at radius 3 is 1.54 bits per heavy atom. The van der Waals surface area contributed by atoms with Gasteiger partial charge in [0.1, 0.15) is 0 Å². The Bertz CT molecular complexity index is 550. The highest BCUT2D eigenvalue weighted by atomic mass is 31.2. The first-order valence-electron chi connectivity index (χ1n) is 7.94. The third kappa shape index (κ3) is 6.38. The van der Waals surface area contributed by atoms with Gasteiger partial charge in [0.2, 0.25) is 0 Å². The molecule has 0 atom stereocenters. The standard InChI is InChI=1S/C20H24NO2P/c1-3-15-21(16-4-2)24(22-17-19-11-7-5-8-12-19)23-18-20-13-9-6-10-14-20/h3-14H,1-2,15-18H2. The maximum absolute atomic E-state index is 6.09. The molecule has 0 unspecified atom stereocenters. The summed E-state index contributed by atoms with van der Waals surface area (Å²) in [4.78, 5) is 0. The van der Waals surface area contributed by atoms with Crippen LogP contribution >= 0.6 is 8.53 Å². The molecule has 3 nitrogen and oxygen atoms in total. The molecule has 2 aromatic rings. The lowest BCUT2D eigenvalue weighted by molar-refractivity contribution is 0.199. The molecule has 126 valence electrons. The fraction of sp³-hybridized carbons (Fsp3) is 0.200. The Morgan fingerprint density at radius 1 is 0.750 bits per heavy atom. The highest BCUT2D eigenvalue weighted by molar-refractivity contribution is 7.44. The summed E-state index contributed by atoms with van der Waals surface area (Å²) >= 11 is 0. The van der Waals surface area contributed by atoms with E-state index in [2.05, 4.69) is 42.1 Å². The molecule has 2 rings (SSSR count). The maximum Gasteiger partial charge on any atom is 0.259 e. The van der Waals surface area contributed by atoms with Crippen molar-refractivity contribution in [3.63, 3.8) is 0 Å². The number of hydrogen-bond donors (Lipinski definition) is 0. The molecular formula is C20H24NO2P. The minimum absolute atomic E-state index is 0.520. The highest BCUT2D eigenvalue weighted by Gasteiger charge is 2.20. The van der Waals surface area contributed by atoms with Gasteiger partial charge in [-0.2, -0.15) is 0 Å². The van der Waals surface area contributed by atoms with E-state index in [1.165, 1.54) is 0 Å². The van der Waals surface area contributed by atoms with E-state index < -0.39 is 8.53 Å². The topological polar surface area (TPSA) is 21.7 Å². The van der Waals surface area contributed by atoms with Crippen LogP contribution in [-0.4, -0.2) is 17.8 Å². The molecule has 0 aliphatic carbocycles. The summed E-state index contributed by atoms with van der Waals surface area (Å²) in [6.45, 7) is 10.1. The zero-order valence-electron chi connectivity index (χ0n) is 13.9. The van der Waals surface area contributed by atoms with E-state index >= 15 is 0 Å². The first-order chi connectivity index (χ1) is 11.8. The van der Waals surface area contributed by atoms with Gasteiger partial charge >= 0.3 is 0 Å². The summed E-state index contributed by atoms with van der Waals surface area (Å²) < 4.78 is 14.3. The molecule has 0 heterocycles. The van der Waals surface area contributed by atoms with E-state index in [1.807, 2.05) is 48.6 Å². The van der Waals surface area contributed by atoms with Crippen LogP contribution in [0, 0.1) is 0 Å². The van der Waals surface area contributed by atoms with E-state index in [0.717, 1.165) is 11.1 Å². The van der Waals surface area contributed by atoms with Crippen molar-refractivity contribution >= 4 is 8.53 Å². The monoisotopic (exact) mass is 341 g/mol. The van der Waals surface area contributed by atoms with Crippen LogP contribution < -0.4 is 0 Å². The second kappa shape index (κ2) is 10.9. The minimum Gasteiger partial charge on any atom is -0.317 e. The lowest BCUT2D eigenvalue weighted by Crippen LogP contribution is -2.20. The van der Waals surface area contributed by atoms with E-state index in [-0.39, 0.29) is 0 Å². The average molecular weight is 341 g/mol. The van der Waals surface area contributed by atoms with Gasteiger partial charge in [-0.05, 0) is 11.1 Å². The molecule has 0 aromatic heterocycles. The third-order valence-corrected chi connectivity index (χ3v) is 4.77. The normalized spacial score (nSPS) is 10.9. The van der Waals surface area contributed by atoms with Crippen LogP contribution in [0.5, 0.6) is 0 Å². The average Bonchev–Trinajstić information content (AvgIpc) is 2.63. The molecule has 0 saturated heterocycles. The first-order valence-corrected chi connectivity index (χ1v) is 9.07. The Labute approximate surface area is 146 Å². The van der Waals surface area contributed by atoms with Crippen LogP contribution in [-0.2, 0) is 22.3 Å². The van der Waals surface area contributed by atoms with Gasteiger partial charge in [-0.25, -0.2) is 4.67 Å². The molecule has 0 bridgehead atoms. The second-order valence-electron chi connectivity index (χ2n) is 5.20. The summed E-state index contributed by atoms with van der Waals surface area (Å²) in [5, 5.41) is 0. The molecular weight excluding hydrogens is 317 g/mol. The van der Waals surface area contributed by atoms with Gasteiger partial charge in [-0.3, -0.25) is 0 Å². The predicted octanol–water partition coefficient (Wildman–Crippen LogP) is 5.32. The number of benzene rings is 2. The fourth-order valence-electron chi connectivity index (χ4n) is 2.11. The Morgan fingerprint density at radius 2 is 1.17 bits per heavy atom. The zero-order valence-corrected chi connectivity index (χ0v) is 14.8. The lowest BCUT2D eigenvalue weighted by atomic mass is 10.2. The molecule has 0 saturated carbocycles. The van der Waals surface area contributed by atoms with Crippen LogP contribution in [0.1, 0.15) is 11.1 Å². The van der Waals surface area contributed by atoms with Gasteiger partial charge in [0, 0.05) is 13.1 Å². The predicted molar refractivity (Wildman–Crippen MR) is 101 cm³/mol. The Kier molecular flexibility index (Phi) is 8.43. The fourth-order valence-corrected chi connectivity index (χ4v) is 3.53. The van der Waals surface area contributed by atoms with E-state index in [9.17, 15) is 0 Å². The summed E-state index contributed by atoms with van der Waals surface area (Å²) in [7, 11) is -1.19. The quantitative estimate of drug-likeness (QED) is 0.408. The zero-order chi connectivity index (χ0) is 17.0.